The van der Waals surface area contributed by atoms with E-state index in [1.807, 2.05) is 26.8 Å². The SMILES string of the molecule is COCCOCCOCCC(=O)NCCCCC(NC(=O)CCCC(=O)OC1CCC2C3CCC4=CC(=O)CCC4(C)C3CCC12C)C(=O)C(C)(C)C. The molecule has 0 spiro atoms. The van der Waals surface area contributed by atoms with Gasteiger partial charge in [-0.2, -0.15) is 0 Å². The van der Waals surface area contributed by atoms with Gasteiger partial charge in [-0.25, -0.2) is 0 Å². The number of rotatable bonds is 21. The van der Waals surface area contributed by atoms with Crippen molar-refractivity contribution in [1.82, 2.24) is 10.6 Å². The number of Topliss-reactive ketones (excluding diaryl/α,β-unsaturated/α-hetero) is 1. The summed E-state index contributed by atoms with van der Waals surface area (Å²) in [6, 6.07) is -0.627. The average molecular weight is 745 g/mol. The van der Waals surface area contributed by atoms with Gasteiger partial charge in [-0.05, 0) is 99.9 Å². The average Bonchev–Trinajstić information content (AvgIpc) is 3.43. The molecule has 53 heavy (non-hydrogen) atoms. The fraction of sp³-hybridized carbons (Fsp3) is 0.833. The molecule has 2 amide bonds. The van der Waals surface area contributed by atoms with E-state index in [0.717, 1.165) is 44.9 Å². The lowest BCUT2D eigenvalue weighted by Gasteiger charge is -2.57. The highest BCUT2D eigenvalue weighted by molar-refractivity contribution is 5.92. The fourth-order valence-electron chi connectivity index (χ4n) is 9.79. The van der Waals surface area contributed by atoms with E-state index in [1.165, 1.54) is 5.57 Å². The Hall–Kier alpha value is -2.63. The van der Waals surface area contributed by atoms with Crippen molar-refractivity contribution in [2.24, 2.45) is 34.0 Å². The zero-order chi connectivity index (χ0) is 38.6. The number of hydrogen-bond acceptors (Lipinski definition) is 9. The third kappa shape index (κ3) is 11.7. The number of methoxy groups -OCH3 is 1. The predicted octanol–water partition coefficient (Wildman–Crippen LogP) is 6.06. The Morgan fingerprint density at radius 3 is 2.30 bits per heavy atom. The van der Waals surface area contributed by atoms with Crippen LogP contribution in [0.5, 0.6) is 0 Å². The summed E-state index contributed by atoms with van der Waals surface area (Å²) in [7, 11) is 1.62. The molecule has 2 N–H and O–H groups in total. The molecular weight excluding hydrogens is 676 g/mol. The first kappa shape index (κ1) is 43.1. The maximum atomic E-state index is 13.2. The number of amides is 2. The van der Waals surface area contributed by atoms with E-state index < -0.39 is 11.5 Å². The molecule has 0 heterocycles. The minimum Gasteiger partial charge on any atom is -0.462 e. The molecule has 4 aliphatic rings. The van der Waals surface area contributed by atoms with Crippen LogP contribution in [0, 0.1) is 34.0 Å². The topological polar surface area (TPSA) is 146 Å². The predicted molar refractivity (Wildman–Crippen MR) is 202 cm³/mol. The van der Waals surface area contributed by atoms with Crippen LogP contribution < -0.4 is 10.6 Å². The Kier molecular flexibility index (Phi) is 16.1. The Balaban J connectivity index is 1.14. The van der Waals surface area contributed by atoms with Gasteiger partial charge in [0.1, 0.15) is 6.10 Å². The zero-order valence-corrected chi connectivity index (χ0v) is 33.5. The molecular formula is C42H68N2O9. The summed E-state index contributed by atoms with van der Waals surface area (Å²) in [5, 5.41) is 5.82. The Labute approximate surface area is 317 Å². The molecule has 11 nitrogen and oxygen atoms in total. The number of allylic oxidation sites excluding steroid dienone is 1. The van der Waals surface area contributed by atoms with Gasteiger partial charge in [0.15, 0.2) is 11.6 Å². The van der Waals surface area contributed by atoms with E-state index in [0.29, 0.717) is 89.4 Å². The second-order valence-corrected chi connectivity index (χ2v) is 17.5. The molecule has 300 valence electrons. The Morgan fingerprint density at radius 1 is 0.830 bits per heavy atom. The number of carbonyl (C=O) groups is 5. The van der Waals surface area contributed by atoms with Gasteiger partial charge < -0.3 is 29.6 Å². The molecule has 0 radical (unpaired) electrons. The summed E-state index contributed by atoms with van der Waals surface area (Å²) < 4.78 is 21.8. The highest BCUT2D eigenvalue weighted by atomic mass is 16.5. The van der Waals surface area contributed by atoms with Crippen molar-refractivity contribution in [2.75, 3.05) is 46.7 Å². The van der Waals surface area contributed by atoms with Crippen LogP contribution in [0.25, 0.3) is 0 Å². The lowest BCUT2D eigenvalue weighted by molar-refractivity contribution is -0.160. The van der Waals surface area contributed by atoms with Crippen molar-refractivity contribution in [3.63, 3.8) is 0 Å². The van der Waals surface area contributed by atoms with Gasteiger partial charge in [0, 0.05) is 50.2 Å². The summed E-state index contributed by atoms with van der Waals surface area (Å²) in [6.45, 7) is 13.0. The molecule has 0 saturated heterocycles. The molecule has 0 aliphatic heterocycles. The van der Waals surface area contributed by atoms with Crippen LogP contribution in [-0.2, 0) is 42.9 Å². The monoisotopic (exact) mass is 744 g/mol. The molecule has 3 saturated carbocycles. The quantitative estimate of drug-likeness (QED) is 0.106. The zero-order valence-electron chi connectivity index (χ0n) is 33.5. The lowest BCUT2D eigenvalue weighted by atomic mass is 9.47. The largest absolute Gasteiger partial charge is 0.462 e. The van der Waals surface area contributed by atoms with Gasteiger partial charge in [0.05, 0.1) is 39.1 Å². The number of ether oxygens (including phenoxy) is 4. The molecule has 11 heteroatoms. The number of hydrogen-bond donors (Lipinski definition) is 2. The smallest absolute Gasteiger partial charge is 0.306 e. The minimum atomic E-state index is -0.627. The second kappa shape index (κ2) is 19.8. The number of fused-ring (bicyclic) bond motifs is 5. The molecule has 0 aromatic rings. The van der Waals surface area contributed by atoms with Crippen LogP contribution in [0.4, 0.5) is 0 Å². The van der Waals surface area contributed by atoms with Crippen LogP contribution in [0.15, 0.2) is 11.6 Å². The normalized spacial score (nSPS) is 28.6. The summed E-state index contributed by atoms with van der Waals surface area (Å²) in [4.78, 5) is 63.6. The van der Waals surface area contributed by atoms with E-state index in [4.69, 9.17) is 18.9 Å². The van der Waals surface area contributed by atoms with Gasteiger partial charge in [0.2, 0.25) is 11.8 Å². The molecule has 0 aromatic heterocycles. The fourth-order valence-corrected chi connectivity index (χ4v) is 9.79. The maximum Gasteiger partial charge on any atom is 0.306 e. The van der Waals surface area contributed by atoms with Crippen LogP contribution >= 0.6 is 0 Å². The summed E-state index contributed by atoms with van der Waals surface area (Å²) in [5.74, 6) is 1.38. The first-order valence-electron chi connectivity index (χ1n) is 20.4. The second-order valence-electron chi connectivity index (χ2n) is 17.5. The maximum absolute atomic E-state index is 13.2. The number of unbranched alkanes of at least 4 members (excludes halogenated alkanes) is 1. The van der Waals surface area contributed by atoms with Crippen LogP contribution in [-0.4, -0.2) is 88.2 Å². The summed E-state index contributed by atoms with van der Waals surface area (Å²) in [6.07, 6.45) is 12.4. The lowest BCUT2D eigenvalue weighted by Crippen LogP contribution is -2.51. The third-order valence-corrected chi connectivity index (χ3v) is 12.8. The summed E-state index contributed by atoms with van der Waals surface area (Å²) >= 11 is 0. The van der Waals surface area contributed by atoms with Crippen molar-refractivity contribution >= 4 is 29.4 Å². The first-order chi connectivity index (χ1) is 25.2. The molecule has 0 aromatic carbocycles. The number of carbonyl (C=O) groups excluding carboxylic acids is 5. The number of nitrogens with one attached hydrogen (secondary N) is 2. The van der Waals surface area contributed by atoms with Crippen LogP contribution in [0.1, 0.15) is 131 Å². The van der Waals surface area contributed by atoms with Gasteiger partial charge in [-0.15, -0.1) is 0 Å². The first-order valence-corrected chi connectivity index (χ1v) is 20.4. The molecule has 7 atom stereocenters. The molecule has 4 rings (SSSR count). The van der Waals surface area contributed by atoms with E-state index >= 15 is 0 Å². The van der Waals surface area contributed by atoms with Crippen LogP contribution in [0.3, 0.4) is 0 Å². The van der Waals surface area contributed by atoms with Crippen molar-refractivity contribution in [2.45, 2.75) is 143 Å². The van der Waals surface area contributed by atoms with E-state index in [-0.39, 0.29) is 65.5 Å². The molecule has 7 unspecified atom stereocenters. The Morgan fingerprint density at radius 2 is 1.57 bits per heavy atom. The number of esters is 1. The number of ketones is 2. The highest BCUT2D eigenvalue weighted by Gasteiger charge is 2.60. The summed E-state index contributed by atoms with van der Waals surface area (Å²) in [5.41, 5.74) is 0.837. The van der Waals surface area contributed by atoms with Crippen molar-refractivity contribution in [1.29, 1.82) is 0 Å². The van der Waals surface area contributed by atoms with Gasteiger partial charge in [-0.1, -0.05) is 40.2 Å². The van der Waals surface area contributed by atoms with Crippen molar-refractivity contribution in [3.8, 4) is 0 Å². The molecule has 3 fully saturated rings. The highest BCUT2D eigenvalue weighted by Crippen LogP contribution is 2.65. The van der Waals surface area contributed by atoms with Gasteiger partial charge in [-0.3, -0.25) is 24.0 Å². The minimum absolute atomic E-state index is 0.0339. The van der Waals surface area contributed by atoms with Gasteiger partial charge in [0.25, 0.3) is 0 Å². The van der Waals surface area contributed by atoms with Gasteiger partial charge >= 0.3 is 5.97 Å². The third-order valence-electron chi connectivity index (χ3n) is 12.8. The Bertz CT molecular complexity index is 1310. The van der Waals surface area contributed by atoms with Crippen molar-refractivity contribution < 1.29 is 42.9 Å². The van der Waals surface area contributed by atoms with E-state index in [2.05, 4.69) is 24.5 Å². The van der Waals surface area contributed by atoms with Crippen LogP contribution in [0.2, 0.25) is 0 Å². The van der Waals surface area contributed by atoms with Crippen molar-refractivity contribution in [3.05, 3.63) is 11.6 Å². The standard InChI is InChI=1S/C42H68N2O9/c1-40(2,3)39(49)34(10-7-8-22-43-36(46)19-23-51-26-27-52-25-24-50-6)44-37(47)11-9-12-38(48)53-35-16-15-32-31-14-13-29-28-30(45)17-20-41(29,4)33(31)18-21-42(32,35)5/h28,31-35H,7-27H2,1-6H3,(H,43,46)(H,44,47). The molecule has 0 bridgehead atoms. The molecule has 4 aliphatic carbocycles. The van der Waals surface area contributed by atoms with E-state index in [9.17, 15) is 24.0 Å². The van der Waals surface area contributed by atoms with E-state index in [1.54, 1.807) is 7.11 Å².